The summed E-state index contributed by atoms with van der Waals surface area (Å²) in [6.07, 6.45) is 4.25. The summed E-state index contributed by atoms with van der Waals surface area (Å²) < 4.78 is 5.51. The minimum absolute atomic E-state index is 0.104. The van der Waals surface area contributed by atoms with Crippen molar-refractivity contribution in [3.05, 3.63) is 17.0 Å². The summed E-state index contributed by atoms with van der Waals surface area (Å²) in [6.45, 7) is 6.52. The molecule has 1 aromatic rings. The molecule has 3 aliphatic rings. The third kappa shape index (κ3) is 2.34. The molecule has 2 fully saturated rings. The predicted octanol–water partition coefficient (Wildman–Crippen LogP) is 1.18. The van der Waals surface area contributed by atoms with Crippen LogP contribution in [0.2, 0.25) is 0 Å². The van der Waals surface area contributed by atoms with Crippen molar-refractivity contribution >= 4 is 5.91 Å². The molecular weight excluding hydrogens is 280 g/mol. The second-order valence-corrected chi connectivity index (χ2v) is 6.76. The number of hydrogen-bond donors (Lipinski definition) is 1. The van der Waals surface area contributed by atoms with Gasteiger partial charge in [0.2, 0.25) is 0 Å². The Labute approximate surface area is 130 Å². The fourth-order valence-corrected chi connectivity index (χ4v) is 3.99. The molecule has 1 amide bonds. The van der Waals surface area contributed by atoms with Crippen LogP contribution in [0, 0.1) is 0 Å². The zero-order valence-corrected chi connectivity index (χ0v) is 13.2. The Morgan fingerprint density at radius 2 is 2.27 bits per heavy atom. The van der Waals surface area contributed by atoms with Crippen molar-refractivity contribution in [2.75, 3.05) is 26.3 Å². The molecule has 4 heterocycles. The number of carbonyl (C=O) groups excluding carboxylic acids is 1. The van der Waals surface area contributed by atoms with Gasteiger partial charge in [-0.3, -0.25) is 14.8 Å². The molecule has 0 unspecified atom stereocenters. The monoisotopic (exact) mass is 304 g/mol. The number of fused-ring (bicyclic) bond motifs is 1. The van der Waals surface area contributed by atoms with Crippen LogP contribution < -0.4 is 0 Å². The Balaban J connectivity index is 1.56. The summed E-state index contributed by atoms with van der Waals surface area (Å²) in [5.74, 6) is 0.104. The van der Waals surface area contributed by atoms with Gasteiger partial charge in [-0.05, 0) is 26.2 Å². The van der Waals surface area contributed by atoms with E-state index in [1.807, 2.05) is 4.90 Å². The van der Waals surface area contributed by atoms with Gasteiger partial charge in [0.25, 0.3) is 5.91 Å². The van der Waals surface area contributed by atoms with E-state index in [1.54, 1.807) is 0 Å². The summed E-state index contributed by atoms with van der Waals surface area (Å²) in [5.41, 5.74) is 2.90. The highest BCUT2D eigenvalue weighted by atomic mass is 16.5. The number of aromatic nitrogens is 2. The zero-order valence-electron chi connectivity index (χ0n) is 13.2. The molecule has 0 aliphatic carbocycles. The fourth-order valence-electron chi connectivity index (χ4n) is 3.99. The number of likely N-dealkylation sites (tertiary alicyclic amines) is 1. The van der Waals surface area contributed by atoms with E-state index in [0.717, 1.165) is 69.8 Å². The number of rotatable bonds is 2. The molecule has 2 saturated heterocycles. The van der Waals surface area contributed by atoms with E-state index in [9.17, 15) is 4.79 Å². The lowest BCUT2D eigenvalue weighted by molar-refractivity contribution is 0.0737. The number of amides is 1. The SMILES string of the molecule is C[C@@H]1CCCN1C(=O)c1n[nH]c2c1CN([C@@H]1CCOC1)CC2. The van der Waals surface area contributed by atoms with Crippen molar-refractivity contribution < 1.29 is 9.53 Å². The van der Waals surface area contributed by atoms with E-state index in [0.29, 0.717) is 17.8 Å². The normalized spacial score (nSPS) is 29.0. The molecule has 0 spiro atoms. The Bertz CT molecular complexity index is 564. The first-order valence-electron chi connectivity index (χ1n) is 8.43. The van der Waals surface area contributed by atoms with E-state index < -0.39 is 0 Å². The molecule has 0 bridgehead atoms. The van der Waals surface area contributed by atoms with Gasteiger partial charge in [-0.2, -0.15) is 5.10 Å². The molecule has 4 rings (SSSR count). The van der Waals surface area contributed by atoms with Gasteiger partial charge in [-0.25, -0.2) is 0 Å². The molecule has 6 nitrogen and oxygen atoms in total. The van der Waals surface area contributed by atoms with Crippen LogP contribution in [0.3, 0.4) is 0 Å². The number of H-pyrrole nitrogens is 1. The lowest BCUT2D eigenvalue weighted by Gasteiger charge is -2.31. The Morgan fingerprint density at radius 1 is 1.36 bits per heavy atom. The summed E-state index contributed by atoms with van der Waals surface area (Å²) >= 11 is 0. The second kappa shape index (κ2) is 5.66. The predicted molar refractivity (Wildman–Crippen MR) is 81.7 cm³/mol. The van der Waals surface area contributed by atoms with Crippen LogP contribution >= 0.6 is 0 Å². The lowest BCUT2D eigenvalue weighted by Crippen LogP contribution is -2.40. The molecule has 0 saturated carbocycles. The van der Waals surface area contributed by atoms with Gasteiger partial charge in [-0.1, -0.05) is 0 Å². The Morgan fingerprint density at radius 3 is 3.00 bits per heavy atom. The van der Waals surface area contributed by atoms with Crippen LogP contribution in [0.15, 0.2) is 0 Å². The molecule has 0 aromatic carbocycles. The molecule has 1 N–H and O–H groups in total. The molecule has 2 atom stereocenters. The van der Waals surface area contributed by atoms with Crippen molar-refractivity contribution in [3.8, 4) is 0 Å². The molecule has 1 aromatic heterocycles. The Hall–Kier alpha value is -1.40. The first-order chi connectivity index (χ1) is 10.7. The van der Waals surface area contributed by atoms with Gasteiger partial charge in [0.15, 0.2) is 5.69 Å². The summed E-state index contributed by atoms with van der Waals surface area (Å²) in [5, 5.41) is 7.46. The number of aromatic amines is 1. The zero-order chi connectivity index (χ0) is 15.1. The minimum Gasteiger partial charge on any atom is -0.380 e. The first kappa shape index (κ1) is 14.2. The third-order valence-corrected chi connectivity index (χ3v) is 5.40. The molecular formula is C16H24N4O2. The topological polar surface area (TPSA) is 61.5 Å². The van der Waals surface area contributed by atoms with Crippen LogP contribution in [0.4, 0.5) is 0 Å². The fraction of sp³-hybridized carbons (Fsp3) is 0.750. The maximum atomic E-state index is 12.8. The quantitative estimate of drug-likeness (QED) is 0.891. The number of nitrogens with zero attached hydrogens (tertiary/aromatic N) is 3. The van der Waals surface area contributed by atoms with Crippen molar-refractivity contribution in [2.45, 2.75) is 51.2 Å². The molecule has 120 valence electrons. The molecule has 3 aliphatic heterocycles. The highest BCUT2D eigenvalue weighted by Crippen LogP contribution is 2.27. The maximum absolute atomic E-state index is 12.8. The number of nitrogens with one attached hydrogen (secondary N) is 1. The van der Waals surface area contributed by atoms with Gasteiger partial charge in [-0.15, -0.1) is 0 Å². The minimum atomic E-state index is 0.104. The summed E-state index contributed by atoms with van der Waals surface area (Å²) in [7, 11) is 0. The first-order valence-corrected chi connectivity index (χ1v) is 8.43. The van der Waals surface area contributed by atoms with E-state index in [4.69, 9.17) is 4.74 Å². The van der Waals surface area contributed by atoms with Gasteiger partial charge >= 0.3 is 0 Å². The number of carbonyl (C=O) groups is 1. The van der Waals surface area contributed by atoms with Gasteiger partial charge in [0, 0.05) is 56.0 Å². The average molecular weight is 304 g/mol. The van der Waals surface area contributed by atoms with Crippen LogP contribution in [-0.4, -0.2) is 64.3 Å². The van der Waals surface area contributed by atoms with E-state index in [2.05, 4.69) is 22.0 Å². The number of hydrogen-bond acceptors (Lipinski definition) is 4. The van der Waals surface area contributed by atoms with Crippen LogP contribution in [0.1, 0.15) is 47.9 Å². The summed E-state index contributed by atoms with van der Waals surface area (Å²) in [4.78, 5) is 17.3. The van der Waals surface area contributed by atoms with Gasteiger partial charge in [0.1, 0.15) is 0 Å². The summed E-state index contributed by atoms with van der Waals surface area (Å²) in [6, 6.07) is 0.833. The standard InChI is InChI=1S/C16H24N4O2/c1-11-3-2-6-20(11)16(21)15-13-9-19(12-5-8-22-10-12)7-4-14(13)17-18-15/h11-12H,2-10H2,1H3,(H,17,18)/t11-,12-/m1/s1. The average Bonchev–Trinajstić information content (AvgIpc) is 3.26. The molecule has 6 heteroatoms. The van der Waals surface area contributed by atoms with Crippen molar-refractivity contribution in [3.63, 3.8) is 0 Å². The third-order valence-electron chi connectivity index (χ3n) is 5.40. The van der Waals surface area contributed by atoms with Crippen LogP contribution in [-0.2, 0) is 17.7 Å². The van der Waals surface area contributed by atoms with E-state index in [-0.39, 0.29) is 5.91 Å². The van der Waals surface area contributed by atoms with Gasteiger partial charge in [0.05, 0.1) is 6.61 Å². The van der Waals surface area contributed by atoms with Crippen LogP contribution in [0.5, 0.6) is 0 Å². The maximum Gasteiger partial charge on any atom is 0.274 e. The van der Waals surface area contributed by atoms with Crippen molar-refractivity contribution in [1.82, 2.24) is 20.0 Å². The van der Waals surface area contributed by atoms with E-state index >= 15 is 0 Å². The highest BCUT2D eigenvalue weighted by molar-refractivity contribution is 5.94. The molecule has 22 heavy (non-hydrogen) atoms. The van der Waals surface area contributed by atoms with Gasteiger partial charge < -0.3 is 9.64 Å². The van der Waals surface area contributed by atoms with Crippen LogP contribution in [0.25, 0.3) is 0 Å². The molecule has 0 radical (unpaired) electrons. The second-order valence-electron chi connectivity index (χ2n) is 6.76. The van der Waals surface area contributed by atoms with E-state index in [1.165, 1.54) is 0 Å². The van der Waals surface area contributed by atoms with Crippen molar-refractivity contribution in [2.24, 2.45) is 0 Å². The Kier molecular flexibility index (Phi) is 3.66. The number of ether oxygens (including phenoxy) is 1. The van der Waals surface area contributed by atoms with Crippen molar-refractivity contribution in [1.29, 1.82) is 0 Å². The lowest BCUT2D eigenvalue weighted by atomic mass is 10.0. The smallest absolute Gasteiger partial charge is 0.274 e. The largest absolute Gasteiger partial charge is 0.380 e. The highest BCUT2D eigenvalue weighted by Gasteiger charge is 2.34.